The maximum Gasteiger partial charge on any atom is 0.121 e. The van der Waals surface area contributed by atoms with E-state index in [1.165, 1.54) is 6.07 Å². The third-order valence-corrected chi connectivity index (χ3v) is 4.55. The molecule has 0 aliphatic carbocycles. The lowest BCUT2D eigenvalue weighted by Gasteiger charge is -2.39. The first-order chi connectivity index (χ1) is 8.80. The quantitative estimate of drug-likeness (QED) is 0.784. The van der Waals surface area contributed by atoms with Crippen LogP contribution >= 0.6 is 23.2 Å². The zero-order chi connectivity index (χ0) is 14.2. The van der Waals surface area contributed by atoms with Gasteiger partial charge < -0.3 is 16.2 Å². The van der Waals surface area contributed by atoms with Crippen LogP contribution in [0.1, 0.15) is 38.3 Å². The molecule has 3 nitrogen and oxygen atoms in total. The molecule has 1 saturated heterocycles. The molecular formula is C14H20Cl2N2O. The molecule has 0 saturated carbocycles. The monoisotopic (exact) mass is 302 g/mol. The maximum absolute atomic E-state index is 10.0. The summed E-state index contributed by atoms with van der Waals surface area (Å²) in [5.41, 5.74) is 7.07. The molecule has 0 spiro atoms. The Bertz CT molecular complexity index is 477. The number of phenols is 1. The first-order valence-corrected chi connectivity index (χ1v) is 7.24. The highest BCUT2D eigenvalue weighted by atomic mass is 35.5. The van der Waals surface area contributed by atoms with Crippen LogP contribution in [0.2, 0.25) is 10.0 Å². The SMILES string of the molecule is CC1(C)CC(C(N)c2cc(Cl)c(Cl)cc2O)CCN1. The second-order valence-electron chi connectivity index (χ2n) is 5.91. The van der Waals surface area contributed by atoms with Crippen molar-refractivity contribution in [3.8, 4) is 5.75 Å². The predicted molar refractivity (Wildman–Crippen MR) is 79.9 cm³/mol. The van der Waals surface area contributed by atoms with E-state index in [-0.39, 0.29) is 17.3 Å². The zero-order valence-electron chi connectivity index (χ0n) is 11.2. The zero-order valence-corrected chi connectivity index (χ0v) is 12.7. The van der Waals surface area contributed by atoms with Crippen molar-refractivity contribution in [3.05, 3.63) is 27.7 Å². The molecule has 1 aromatic rings. The van der Waals surface area contributed by atoms with E-state index in [0.29, 0.717) is 21.5 Å². The predicted octanol–water partition coefficient (Wildman–Crippen LogP) is 3.48. The summed E-state index contributed by atoms with van der Waals surface area (Å²) in [4.78, 5) is 0. The van der Waals surface area contributed by atoms with Crippen LogP contribution in [0.25, 0.3) is 0 Å². The van der Waals surface area contributed by atoms with Crippen molar-refractivity contribution in [2.45, 2.75) is 38.3 Å². The van der Waals surface area contributed by atoms with Crippen molar-refractivity contribution in [2.24, 2.45) is 11.7 Å². The number of hydrogen-bond donors (Lipinski definition) is 3. The number of benzene rings is 1. The van der Waals surface area contributed by atoms with E-state index in [1.807, 2.05) is 0 Å². The molecule has 2 unspecified atom stereocenters. The molecule has 1 aliphatic rings. The van der Waals surface area contributed by atoms with Gasteiger partial charge in [-0.25, -0.2) is 0 Å². The molecule has 1 aromatic carbocycles. The second-order valence-corrected chi connectivity index (χ2v) is 6.73. The van der Waals surface area contributed by atoms with Gasteiger partial charge in [0.1, 0.15) is 5.75 Å². The molecule has 1 fully saturated rings. The van der Waals surface area contributed by atoms with Gasteiger partial charge in [-0.05, 0) is 45.2 Å². The van der Waals surface area contributed by atoms with Crippen LogP contribution in [-0.4, -0.2) is 17.2 Å². The molecule has 0 aromatic heterocycles. The molecular weight excluding hydrogens is 283 g/mol. The summed E-state index contributed by atoms with van der Waals surface area (Å²) >= 11 is 11.9. The Morgan fingerprint density at radius 2 is 2.00 bits per heavy atom. The molecule has 19 heavy (non-hydrogen) atoms. The minimum absolute atomic E-state index is 0.0758. The van der Waals surface area contributed by atoms with Crippen molar-refractivity contribution < 1.29 is 5.11 Å². The van der Waals surface area contributed by atoms with E-state index in [2.05, 4.69) is 19.2 Å². The first kappa shape index (κ1) is 14.9. The Morgan fingerprint density at radius 1 is 1.37 bits per heavy atom. The third kappa shape index (κ3) is 3.34. The summed E-state index contributed by atoms with van der Waals surface area (Å²) < 4.78 is 0. The van der Waals surface area contributed by atoms with E-state index in [4.69, 9.17) is 28.9 Å². The van der Waals surface area contributed by atoms with E-state index in [0.717, 1.165) is 19.4 Å². The number of nitrogens with two attached hydrogens (primary N) is 1. The van der Waals surface area contributed by atoms with E-state index in [1.54, 1.807) is 6.07 Å². The molecule has 2 atom stereocenters. The molecule has 0 bridgehead atoms. The Labute approximate surface area is 124 Å². The third-order valence-electron chi connectivity index (χ3n) is 3.83. The topological polar surface area (TPSA) is 58.3 Å². The Balaban J connectivity index is 2.24. The van der Waals surface area contributed by atoms with E-state index >= 15 is 0 Å². The lowest BCUT2D eigenvalue weighted by Crippen LogP contribution is -2.48. The Hall–Kier alpha value is -0.480. The van der Waals surface area contributed by atoms with Crippen molar-refractivity contribution in [1.29, 1.82) is 0 Å². The molecule has 0 radical (unpaired) electrons. The number of phenolic OH excluding ortho intramolecular Hbond substituents is 1. The van der Waals surface area contributed by atoms with Gasteiger partial charge in [-0.15, -0.1) is 0 Å². The minimum Gasteiger partial charge on any atom is -0.508 e. The first-order valence-electron chi connectivity index (χ1n) is 6.49. The van der Waals surface area contributed by atoms with Gasteiger partial charge in [-0.3, -0.25) is 0 Å². The standard InChI is InChI=1S/C14H20Cl2N2O/c1-14(2)7-8(3-4-18-14)13(17)9-5-10(15)11(16)6-12(9)19/h5-6,8,13,18-19H,3-4,7,17H2,1-2H3. The van der Waals surface area contributed by atoms with Gasteiger partial charge in [0.05, 0.1) is 10.0 Å². The highest BCUT2D eigenvalue weighted by Crippen LogP contribution is 2.39. The van der Waals surface area contributed by atoms with Gasteiger partial charge in [0.2, 0.25) is 0 Å². The molecule has 5 heteroatoms. The van der Waals surface area contributed by atoms with Gasteiger partial charge in [0, 0.05) is 23.2 Å². The highest BCUT2D eigenvalue weighted by Gasteiger charge is 2.32. The highest BCUT2D eigenvalue weighted by molar-refractivity contribution is 6.42. The Kier molecular flexibility index (Phi) is 4.31. The molecule has 1 heterocycles. The summed E-state index contributed by atoms with van der Waals surface area (Å²) in [5, 5.41) is 14.2. The van der Waals surface area contributed by atoms with Crippen LogP contribution in [-0.2, 0) is 0 Å². The number of piperidine rings is 1. The van der Waals surface area contributed by atoms with Crippen LogP contribution in [0.5, 0.6) is 5.75 Å². The van der Waals surface area contributed by atoms with Gasteiger partial charge in [0.15, 0.2) is 0 Å². The van der Waals surface area contributed by atoms with Crippen LogP contribution in [0, 0.1) is 5.92 Å². The number of aromatic hydroxyl groups is 1. The van der Waals surface area contributed by atoms with Crippen LogP contribution < -0.4 is 11.1 Å². The average Bonchev–Trinajstić information content (AvgIpc) is 2.31. The molecule has 0 amide bonds. The minimum atomic E-state index is -0.226. The van der Waals surface area contributed by atoms with Crippen molar-refractivity contribution in [3.63, 3.8) is 0 Å². The van der Waals surface area contributed by atoms with Gasteiger partial charge in [-0.1, -0.05) is 23.2 Å². The number of halogens is 2. The molecule has 4 N–H and O–H groups in total. The summed E-state index contributed by atoms with van der Waals surface area (Å²) in [6.45, 7) is 5.27. The summed E-state index contributed by atoms with van der Waals surface area (Å²) in [6.07, 6.45) is 1.96. The Morgan fingerprint density at radius 3 is 2.63 bits per heavy atom. The fourth-order valence-corrected chi connectivity index (χ4v) is 3.13. The fraction of sp³-hybridized carbons (Fsp3) is 0.571. The number of nitrogens with one attached hydrogen (secondary N) is 1. The largest absolute Gasteiger partial charge is 0.508 e. The fourth-order valence-electron chi connectivity index (χ4n) is 2.80. The van der Waals surface area contributed by atoms with Crippen molar-refractivity contribution in [1.82, 2.24) is 5.32 Å². The maximum atomic E-state index is 10.0. The number of rotatable bonds is 2. The summed E-state index contributed by atoms with van der Waals surface area (Å²) in [5.74, 6) is 0.442. The van der Waals surface area contributed by atoms with Crippen molar-refractivity contribution >= 4 is 23.2 Å². The van der Waals surface area contributed by atoms with Crippen LogP contribution in [0.4, 0.5) is 0 Å². The van der Waals surface area contributed by atoms with E-state index < -0.39 is 0 Å². The van der Waals surface area contributed by atoms with E-state index in [9.17, 15) is 5.11 Å². The van der Waals surface area contributed by atoms with Crippen LogP contribution in [0.15, 0.2) is 12.1 Å². The van der Waals surface area contributed by atoms with Gasteiger partial charge >= 0.3 is 0 Å². The lowest BCUT2D eigenvalue weighted by atomic mass is 9.78. The number of hydrogen-bond acceptors (Lipinski definition) is 3. The molecule has 2 rings (SSSR count). The molecule has 1 aliphatic heterocycles. The second kappa shape index (κ2) is 5.49. The summed E-state index contributed by atoms with van der Waals surface area (Å²) in [7, 11) is 0. The van der Waals surface area contributed by atoms with Gasteiger partial charge in [0.25, 0.3) is 0 Å². The summed E-state index contributed by atoms with van der Waals surface area (Å²) in [6, 6.07) is 2.92. The smallest absolute Gasteiger partial charge is 0.121 e. The van der Waals surface area contributed by atoms with Gasteiger partial charge in [-0.2, -0.15) is 0 Å². The lowest BCUT2D eigenvalue weighted by molar-refractivity contribution is 0.204. The molecule has 106 valence electrons. The van der Waals surface area contributed by atoms with Crippen molar-refractivity contribution in [2.75, 3.05) is 6.54 Å². The normalized spacial score (nSPS) is 24.2. The average molecular weight is 303 g/mol. The van der Waals surface area contributed by atoms with Crippen LogP contribution in [0.3, 0.4) is 0 Å².